The minimum Gasteiger partial charge on any atom is -0.481 e. The van der Waals surface area contributed by atoms with Crippen LogP contribution in [0.4, 0.5) is 0 Å². The number of nitrogens with one attached hydrogen (secondary N) is 2. The molecule has 0 saturated heterocycles. The first kappa shape index (κ1) is 29.5. The molecular weight excluding hydrogens is 550 g/mol. The Morgan fingerprint density at radius 3 is 2.14 bits per heavy atom. The van der Waals surface area contributed by atoms with Gasteiger partial charge < -0.3 is 15.0 Å². The van der Waals surface area contributed by atoms with E-state index >= 15 is 0 Å². The van der Waals surface area contributed by atoms with Crippen LogP contribution < -0.4 is 10.0 Å². The Kier molecular flexibility index (Phi) is 8.25. The molecule has 5 rings (SSSR count). The Hall–Kier alpha value is -3.95. The predicted octanol–water partition coefficient (Wildman–Crippen LogP) is 5.65. The highest BCUT2D eigenvalue weighted by Crippen LogP contribution is 2.35. The Balaban J connectivity index is 1.25. The summed E-state index contributed by atoms with van der Waals surface area (Å²) < 4.78 is 31.6. The van der Waals surface area contributed by atoms with Gasteiger partial charge in [-0.05, 0) is 68.9 Å². The van der Waals surface area contributed by atoms with Crippen molar-refractivity contribution in [1.29, 1.82) is 0 Å². The second-order valence-electron chi connectivity index (χ2n) is 11.7. The molecule has 1 aromatic heterocycles. The van der Waals surface area contributed by atoms with Crippen molar-refractivity contribution in [1.82, 2.24) is 14.6 Å². The second kappa shape index (κ2) is 11.7. The molecule has 1 atom stereocenters. The maximum absolute atomic E-state index is 13.4. The molecule has 0 unspecified atom stereocenters. The summed E-state index contributed by atoms with van der Waals surface area (Å²) in [6.45, 7) is 3.21. The van der Waals surface area contributed by atoms with E-state index in [9.17, 15) is 23.1 Å². The van der Waals surface area contributed by atoms with Crippen LogP contribution in [0.25, 0.3) is 22.2 Å². The van der Waals surface area contributed by atoms with Crippen molar-refractivity contribution in [2.75, 3.05) is 0 Å². The van der Waals surface area contributed by atoms with E-state index < -0.39 is 27.4 Å². The summed E-state index contributed by atoms with van der Waals surface area (Å²) in [6.07, 6.45) is 2.04. The largest absolute Gasteiger partial charge is 0.481 e. The molecule has 1 amide bonds. The summed E-state index contributed by atoms with van der Waals surface area (Å²) in [7, 11) is -1.84. The quantitative estimate of drug-likeness (QED) is 0.234. The van der Waals surface area contributed by atoms with E-state index in [4.69, 9.17) is 0 Å². The number of aromatic nitrogens is 1. The molecule has 1 heterocycles. The van der Waals surface area contributed by atoms with Gasteiger partial charge in [0.1, 0.15) is 0 Å². The molecule has 220 valence electrons. The van der Waals surface area contributed by atoms with Gasteiger partial charge >= 0.3 is 5.97 Å². The predicted molar refractivity (Wildman–Crippen MR) is 163 cm³/mol. The Labute approximate surface area is 246 Å². The standard InChI is InChI=1S/C33H37N3O5S/c1-33(2,32(38)39)30(23-12-8-5-9-13-23)34-31(37)24-14-17-26(18-15-24)35-42(40,41)27-19-16-25-20-28(36(3)29(25)21-27)22-10-6-4-7-11-22/h4-13,16,19-21,24,26,30,35H,14-15,17-18H2,1-3H3,(H,34,37)(H,38,39)/t24-,26-,30-/m0/s1. The minimum atomic E-state index is -3.77. The highest BCUT2D eigenvalue weighted by molar-refractivity contribution is 7.89. The summed E-state index contributed by atoms with van der Waals surface area (Å²) in [4.78, 5) is 25.5. The molecule has 0 bridgehead atoms. The van der Waals surface area contributed by atoms with Gasteiger partial charge in [0.15, 0.2) is 0 Å². The number of rotatable bonds is 9. The summed E-state index contributed by atoms with van der Waals surface area (Å²) in [6, 6.07) is 25.3. The highest BCUT2D eigenvalue weighted by atomic mass is 32.2. The van der Waals surface area contributed by atoms with Gasteiger partial charge in [0, 0.05) is 35.6 Å². The molecule has 1 aliphatic rings. The van der Waals surface area contributed by atoms with E-state index in [2.05, 4.69) is 16.1 Å². The fourth-order valence-corrected chi connectivity index (χ4v) is 7.16. The lowest BCUT2D eigenvalue weighted by molar-refractivity contribution is -0.149. The van der Waals surface area contributed by atoms with E-state index in [0.717, 1.165) is 27.7 Å². The van der Waals surface area contributed by atoms with Gasteiger partial charge in [-0.25, -0.2) is 13.1 Å². The summed E-state index contributed by atoms with van der Waals surface area (Å²) in [5.41, 5.74) is 2.40. The molecule has 42 heavy (non-hydrogen) atoms. The second-order valence-corrected chi connectivity index (χ2v) is 13.4. The number of sulfonamides is 1. The zero-order chi connectivity index (χ0) is 30.1. The molecule has 0 spiro atoms. The van der Waals surface area contributed by atoms with Gasteiger partial charge in [-0.3, -0.25) is 9.59 Å². The van der Waals surface area contributed by atoms with Crippen LogP contribution in [-0.2, 0) is 26.7 Å². The molecular formula is C33H37N3O5S. The van der Waals surface area contributed by atoms with Crippen LogP contribution >= 0.6 is 0 Å². The number of hydrogen-bond donors (Lipinski definition) is 3. The third-order valence-corrected chi connectivity index (χ3v) is 10.0. The molecule has 1 aliphatic carbocycles. The zero-order valence-corrected chi connectivity index (χ0v) is 24.9. The van der Waals surface area contributed by atoms with Crippen molar-refractivity contribution in [3.05, 3.63) is 90.5 Å². The van der Waals surface area contributed by atoms with Crippen molar-refractivity contribution in [3.63, 3.8) is 0 Å². The fourth-order valence-electron chi connectivity index (χ4n) is 5.83. The summed E-state index contributed by atoms with van der Waals surface area (Å²) in [5, 5.41) is 13.8. The van der Waals surface area contributed by atoms with E-state index in [1.807, 2.05) is 78.3 Å². The third-order valence-electron chi connectivity index (χ3n) is 8.51. The van der Waals surface area contributed by atoms with Crippen LogP contribution in [0.2, 0.25) is 0 Å². The van der Waals surface area contributed by atoms with E-state index in [1.165, 1.54) is 0 Å². The topological polar surface area (TPSA) is 118 Å². The number of carbonyl (C=O) groups excluding carboxylic acids is 1. The van der Waals surface area contributed by atoms with Crippen LogP contribution in [-0.4, -0.2) is 36.0 Å². The highest BCUT2D eigenvalue weighted by Gasteiger charge is 2.40. The number of carbonyl (C=O) groups is 2. The van der Waals surface area contributed by atoms with Crippen LogP contribution in [0.15, 0.2) is 89.8 Å². The number of amides is 1. The molecule has 4 aromatic rings. The van der Waals surface area contributed by atoms with Crippen LogP contribution in [0, 0.1) is 11.3 Å². The summed E-state index contributed by atoms with van der Waals surface area (Å²) >= 11 is 0. The van der Waals surface area contributed by atoms with Gasteiger partial charge in [-0.2, -0.15) is 0 Å². The molecule has 1 fully saturated rings. The lowest BCUT2D eigenvalue weighted by Crippen LogP contribution is -2.46. The lowest BCUT2D eigenvalue weighted by Gasteiger charge is -2.34. The SMILES string of the molecule is Cn1c(-c2ccccc2)cc2ccc(S(=O)(=O)N[C@H]3CC[C@H](C(=O)N[C@@H](c4ccccc4)C(C)(C)C(=O)O)CC3)cc21. The maximum Gasteiger partial charge on any atom is 0.311 e. The molecule has 9 heteroatoms. The number of aryl methyl sites for hydroxylation is 1. The van der Waals surface area contributed by atoms with Crippen LogP contribution in [0.5, 0.6) is 0 Å². The monoisotopic (exact) mass is 587 g/mol. The number of aliphatic carboxylic acids is 1. The number of benzene rings is 3. The number of hydrogen-bond acceptors (Lipinski definition) is 4. The number of nitrogens with zero attached hydrogens (tertiary/aromatic N) is 1. The van der Waals surface area contributed by atoms with Gasteiger partial charge in [0.2, 0.25) is 15.9 Å². The molecule has 0 aliphatic heterocycles. The lowest BCUT2D eigenvalue weighted by atomic mass is 9.79. The number of fused-ring (bicyclic) bond motifs is 1. The Morgan fingerprint density at radius 1 is 0.905 bits per heavy atom. The zero-order valence-electron chi connectivity index (χ0n) is 24.1. The van der Waals surface area contributed by atoms with Crippen molar-refractivity contribution in [3.8, 4) is 11.3 Å². The number of carboxylic acids is 1. The summed E-state index contributed by atoms with van der Waals surface area (Å²) in [5.74, 6) is -1.53. The van der Waals surface area contributed by atoms with E-state index in [-0.39, 0.29) is 22.8 Å². The van der Waals surface area contributed by atoms with E-state index in [0.29, 0.717) is 25.7 Å². The van der Waals surface area contributed by atoms with Crippen molar-refractivity contribution in [2.24, 2.45) is 18.4 Å². The average molecular weight is 588 g/mol. The Bertz CT molecular complexity index is 1690. The molecule has 3 N–H and O–H groups in total. The normalized spacial score (nSPS) is 18.5. The third kappa shape index (κ3) is 5.98. The van der Waals surface area contributed by atoms with Crippen molar-refractivity contribution in [2.45, 2.75) is 56.5 Å². The van der Waals surface area contributed by atoms with Crippen LogP contribution in [0.3, 0.4) is 0 Å². The van der Waals surface area contributed by atoms with Gasteiger partial charge in [0.05, 0.1) is 16.4 Å². The van der Waals surface area contributed by atoms with E-state index in [1.54, 1.807) is 26.0 Å². The van der Waals surface area contributed by atoms with Gasteiger partial charge in [0.25, 0.3) is 0 Å². The minimum absolute atomic E-state index is 0.206. The van der Waals surface area contributed by atoms with Gasteiger partial charge in [-0.1, -0.05) is 66.7 Å². The molecule has 1 saturated carbocycles. The first-order valence-electron chi connectivity index (χ1n) is 14.2. The molecule has 8 nitrogen and oxygen atoms in total. The Morgan fingerprint density at radius 2 is 1.52 bits per heavy atom. The molecule has 3 aromatic carbocycles. The van der Waals surface area contributed by atoms with Crippen molar-refractivity contribution >= 4 is 32.8 Å². The average Bonchev–Trinajstić information content (AvgIpc) is 3.32. The fraction of sp³-hybridized carbons (Fsp3) is 0.333. The van der Waals surface area contributed by atoms with Crippen LogP contribution in [0.1, 0.15) is 51.1 Å². The first-order chi connectivity index (χ1) is 20.0. The number of carboxylic acid groups (broad SMARTS) is 1. The first-order valence-corrected chi connectivity index (χ1v) is 15.7. The molecule has 0 radical (unpaired) electrons. The smallest absolute Gasteiger partial charge is 0.311 e. The van der Waals surface area contributed by atoms with Crippen molar-refractivity contribution < 1.29 is 23.1 Å². The maximum atomic E-state index is 13.4. The van der Waals surface area contributed by atoms with Gasteiger partial charge in [-0.15, -0.1) is 0 Å².